The third-order valence-corrected chi connectivity index (χ3v) is 4.05. The van der Waals surface area contributed by atoms with Crippen molar-refractivity contribution in [2.75, 3.05) is 12.3 Å². The Hall–Kier alpha value is -2.50. The summed E-state index contributed by atoms with van der Waals surface area (Å²) in [5, 5.41) is 30.7. The van der Waals surface area contributed by atoms with Crippen LogP contribution in [0.5, 0.6) is 0 Å². The number of likely N-dealkylation sites (tertiary alicyclic amines) is 1. The normalized spacial score (nSPS) is 26.9. The number of nitrogens with zero attached hydrogens (tertiary/aromatic N) is 5. The number of β-amino-alcohol motifs (C(OH)–C–C–N with tert-alkyl or cyclic N) is 1. The van der Waals surface area contributed by atoms with Crippen LogP contribution >= 0.6 is 0 Å². The number of hydrogen-bond donors (Lipinski definition) is 4. The Morgan fingerprint density at radius 1 is 1.23 bits per heavy atom. The lowest BCUT2D eigenvalue weighted by Crippen LogP contribution is -2.60. The summed E-state index contributed by atoms with van der Waals surface area (Å²) >= 11 is 0. The third kappa shape index (κ3) is 3.16. The molecule has 1 fully saturated rings. The number of anilines is 1. The maximum Gasteiger partial charge on any atom is 0.412 e. The number of amides is 1. The first-order valence-electron chi connectivity index (χ1n) is 8.07. The molecule has 1 saturated heterocycles. The van der Waals surface area contributed by atoms with E-state index >= 15 is 0 Å². The highest BCUT2D eigenvalue weighted by molar-refractivity contribution is 5.81. The maximum atomic E-state index is 12.6. The van der Waals surface area contributed by atoms with Crippen LogP contribution in [0.1, 0.15) is 26.9 Å². The number of aliphatic hydroxyl groups excluding tert-OH is 3. The van der Waals surface area contributed by atoms with E-state index in [1.807, 2.05) is 0 Å². The van der Waals surface area contributed by atoms with Crippen molar-refractivity contribution in [1.29, 1.82) is 0 Å². The molecule has 0 unspecified atom stereocenters. The van der Waals surface area contributed by atoms with E-state index in [0.717, 1.165) is 4.90 Å². The Morgan fingerprint density at radius 2 is 1.92 bits per heavy atom. The Balaban J connectivity index is 2.06. The number of carbonyl (C=O) groups is 1. The number of nitrogen functional groups attached to an aromatic ring is 1. The highest BCUT2D eigenvalue weighted by atomic mass is 16.6. The predicted octanol–water partition coefficient (Wildman–Crippen LogP) is -0.760. The fraction of sp³-hybridized carbons (Fsp3) is 0.600. The standard InChI is InChI=1S/C15H22N6O5/c1-15(2,3)26-14(25)20-4-7(22)9(23)10(24)13(20)21-6-19-8-11(16)17-5-18-12(8)21/h5-7,9-10,13,22-24H,4H2,1-3H3,(H2,16,17,18)/t7-,9+,10-,13+/m0/s1. The van der Waals surface area contributed by atoms with Crippen molar-refractivity contribution in [1.82, 2.24) is 24.4 Å². The first-order valence-corrected chi connectivity index (χ1v) is 8.07. The molecule has 0 aliphatic carbocycles. The van der Waals surface area contributed by atoms with Crippen LogP contribution in [0.25, 0.3) is 11.2 Å². The third-order valence-electron chi connectivity index (χ3n) is 4.05. The number of fused-ring (bicyclic) bond motifs is 1. The lowest BCUT2D eigenvalue weighted by atomic mass is 9.99. The average molecular weight is 366 g/mol. The minimum Gasteiger partial charge on any atom is -0.444 e. The van der Waals surface area contributed by atoms with Crippen molar-refractivity contribution < 1.29 is 24.9 Å². The molecule has 142 valence electrons. The summed E-state index contributed by atoms with van der Waals surface area (Å²) in [5.74, 6) is 0.142. The van der Waals surface area contributed by atoms with Crippen LogP contribution in [-0.4, -0.2) is 76.3 Å². The van der Waals surface area contributed by atoms with Gasteiger partial charge in [-0.05, 0) is 20.8 Å². The number of nitrogens with two attached hydrogens (primary N) is 1. The van der Waals surface area contributed by atoms with Gasteiger partial charge in [-0.25, -0.2) is 19.7 Å². The van der Waals surface area contributed by atoms with Gasteiger partial charge in [0.05, 0.1) is 12.9 Å². The Labute approximate surface area is 149 Å². The Kier molecular flexibility index (Phi) is 4.46. The van der Waals surface area contributed by atoms with E-state index < -0.39 is 36.2 Å². The summed E-state index contributed by atoms with van der Waals surface area (Å²) in [6.07, 6.45) is -3.57. The SMILES string of the molecule is CC(C)(C)OC(=O)N1C[C@H](O)[C@@H](O)[C@H](O)[C@H]1n1cnc2c(N)ncnc21. The number of imidazole rings is 1. The van der Waals surface area contributed by atoms with Crippen molar-refractivity contribution in [3.8, 4) is 0 Å². The molecule has 26 heavy (non-hydrogen) atoms. The average Bonchev–Trinajstić information content (AvgIpc) is 2.96. The molecular formula is C15H22N6O5. The monoisotopic (exact) mass is 366 g/mol. The Morgan fingerprint density at radius 3 is 2.58 bits per heavy atom. The molecule has 2 aromatic rings. The quantitative estimate of drug-likeness (QED) is 0.508. The van der Waals surface area contributed by atoms with Crippen molar-refractivity contribution in [2.24, 2.45) is 0 Å². The van der Waals surface area contributed by atoms with Gasteiger partial charge in [-0.1, -0.05) is 0 Å². The topological polar surface area (TPSA) is 160 Å². The molecule has 0 bridgehead atoms. The zero-order chi connectivity index (χ0) is 19.2. The maximum absolute atomic E-state index is 12.6. The van der Waals surface area contributed by atoms with E-state index in [-0.39, 0.29) is 18.0 Å². The summed E-state index contributed by atoms with van der Waals surface area (Å²) < 4.78 is 6.76. The minimum absolute atomic E-state index is 0.142. The molecule has 1 amide bonds. The molecule has 1 aliphatic rings. The van der Waals surface area contributed by atoms with Crippen LogP contribution in [0.15, 0.2) is 12.7 Å². The predicted molar refractivity (Wildman–Crippen MR) is 89.7 cm³/mol. The van der Waals surface area contributed by atoms with Crippen LogP contribution in [0, 0.1) is 0 Å². The van der Waals surface area contributed by atoms with Gasteiger partial charge in [0.1, 0.15) is 41.9 Å². The molecule has 11 heteroatoms. The summed E-state index contributed by atoms with van der Waals surface area (Å²) in [7, 11) is 0. The second-order valence-electron chi connectivity index (χ2n) is 7.18. The van der Waals surface area contributed by atoms with E-state index in [0.29, 0.717) is 5.52 Å². The van der Waals surface area contributed by atoms with Gasteiger partial charge in [0.25, 0.3) is 0 Å². The zero-order valence-electron chi connectivity index (χ0n) is 14.6. The van der Waals surface area contributed by atoms with Crippen LogP contribution in [0.4, 0.5) is 10.6 Å². The van der Waals surface area contributed by atoms with Gasteiger partial charge in [-0.3, -0.25) is 9.47 Å². The van der Waals surface area contributed by atoms with Gasteiger partial charge in [0.2, 0.25) is 0 Å². The van der Waals surface area contributed by atoms with Gasteiger partial charge in [0.15, 0.2) is 11.5 Å². The number of aromatic nitrogens is 4. The fourth-order valence-corrected chi connectivity index (χ4v) is 2.89. The van der Waals surface area contributed by atoms with Crippen molar-refractivity contribution in [3.05, 3.63) is 12.7 Å². The van der Waals surface area contributed by atoms with Crippen LogP contribution < -0.4 is 5.73 Å². The number of hydrogen-bond acceptors (Lipinski definition) is 9. The molecule has 0 aromatic carbocycles. The lowest BCUT2D eigenvalue weighted by molar-refractivity contribution is -0.151. The molecule has 3 rings (SSSR count). The second-order valence-corrected chi connectivity index (χ2v) is 7.18. The van der Waals surface area contributed by atoms with Gasteiger partial charge < -0.3 is 25.8 Å². The van der Waals surface area contributed by atoms with E-state index in [4.69, 9.17) is 10.5 Å². The smallest absolute Gasteiger partial charge is 0.412 e. The second kappa shape index (κ2) is 6.34. The van der Waals surface area contributed by atoms with Crippen LogP contribution in [-0.2, 0) is 4.74 Å². The fourth-order valence-electron chi connectivity index (χ4n) is 2.89. The van der Waals surface area contributed by atoms with Crippen LogP contribution in [0.3, 0.4) is 0 Å². The largest absolute Gasteiger partial charge is 0.444 e. The first kappa shape index (κ1) is 18.3. The molecule has 1 aliphatic heterocycles. The van der Waals surface area contributed by atoms with E-state index in [2.05, 4.69) is 15.0 Å². The minimum atomic E-state index is -1.50. The Bertz CT molecular complexity index is 818. The molecule has 4 atom stereocenters. The summed E-state index contributed by atoms with van der Waals surface area (Å²) in [6.45, 7) is 4.86. The molecule has 0 saturated carbocycles. The number of aliphatic hydroxyl groups is 3. The number of rotatable bonds is 1. The number of ether oxygens (including phenoxy) is 1. The highest BCUT2D eigenvalue weighted by Crippen LogP contribution is 2.31. The first-order chi connectivity index (χ1) is 12.1. The molecule has 0 spiro atoms. The molecular weight excluding hydrogens is 344 g/mol. The molecule has 2 aromatic heterocycles. The van der Waals surface area contributed by atoms with Crippen molar-refractivity contribution in [2.45, 2.75) is 50.8 Å². The molecule has 11 nitrogen and oxygen atoms in total. The summed E-state index contributed by atoms with van der Waals surface area (Å²) in [5.41, 5.74) is 5.57. The molecule has 5 N–H and O–H groups in total. The van der Waals surface area contributed by atoms with E-state index in [1.54, 1.807) is 20.8 Å². The van der Waals surface area contributed by atoms with Crippen molar-refractivity contribution >= 4 is 23.1 Å². The zero-order valence-corrected chi connectivity index (χ0v) is 14.6. The summed E-state index contributed by atoms with van der Waals surface area (Å²) in [6, 6.07) is 0. The molecule has 3 heterocycles. The van der Waals surface area contributed by atoms with Crippen LogP contribution in [0.2, 0.25) is 0 Å². The summed E-state index contributed by atoms with van der Waals surface area (Å²) in [4.78, 5) is 25.8. The number of carbonyl (C=O) groups excluding carboxylic acids is 1. The van der Waals surface area contributed by atoms with Gasteiger partial charge in [-0.15, -0.1) is 0 Å². The molecule has 0 radical (unpaired) electrons. The van der Waals surface area contributed by atoms with E-state index in [1.165, 1.54) is 17.2 Å². The lowest BCUT2D eigenvalue weighted by Gasteiger charge is -2.44. The van der Waals surface area contributed by atoms with Gasteiger partial charge in [-0.2, -0.15) is 0 Å². The highest BCUT2D eigenvalue weighted by Gasteiger charge is 2.46. The number of piperidine rings is 1. The van der Waals surface area contributed by atoms with E-state index in [9.17, 15) is 20.1 Å². The van der Waals surface area contributed by atoms with Gasteiger partial charge in [0, 0.05) is 0 Å². The van der Waals surface area contributed by atoms with Gasteiger partial charge >= 0.3 is 6.09 Å². The van der Waals surface area contributed by atoms with Crippen molar-refractivity contribution in [3.63, 3.8) is 0 Å².